The number of benzene rings is 3. The molecule has 1 aromatic heterocycles. The third-order valence-electron chi connectivity index (χ3n) is 8.16. The fourth-order valence-electron chi connectivity index (χ4n) is 5.58. The number of carbonyl (C=O) groups excluding carboxylic acids is 1. The minimum atomic E-state index is -1.41. The molecular formula is C38H36F2N4O5. The molecule has 9 nitrogen and oxygen atoms in total. The van der Waals surface area contributed by atoms with Crippen LogP contribution >= 0.6 is 0 Å². The number of halogens is 2. The SMILES string of the molecule is [C-]#[N+]c1ccc(C(=O)Cc2ccc(F)c([C@]3(C)C=C(CF)OC(N(Cc4ccc(C)cc4OC)Cc4ccc(OC)cc4OC)=N3)c2)nc1. The summed E-state index contributed by atoms with van der Waals surface area (Å²) in [7, 11) is 4.71. The number of Topliss-reactive ketones (excluding diaryl/α,β-unsaturated/α-hetero) is 1. The van der Waals surface area contributed by atoms with Crippen LogP contribution < -0.4 is 14.2 Å². The molecule has 1 aliphatic heterocycles. The van der Waals surface area contributed by atoms with E-state index >= 15 is 4.39 Å². The van der Waals surface area contributed by atoms with Crippen LogP contribution in [0.5, 0.6) is 17.2 Å². The highest BCUT2D eigenvalue weighted by molar-refractivity contribution is 5.96. The van der Waals surface area contributed by atoms with Crippen molar-refractivity contribution in [1.82, 2.24) is 9.88 Å². The quantitative estimate of drug-likeness (QED) is 0.113. The van der Waals surface area contributed by atoms with Crippen molar-refractivity contribution >= 4 is 17.5 Å². The van der Waals surface area contributed by atoms with Gasteiger partial charge in [-0.15, -0.1) is 0 Å². The zero-order valence-electron chi connectivity index (χ0n) is 27.9. The summed E-state index contributed by atoms with van der Waals surface area (Å²) in [5, 5.41) is 0. The number of aryl methyl sites for hydroxylation is 1. The third kappa shape index (κ3) is 7.87. The number of hydrogen-bond acceptors (Lipinski definition) is 8. The first-order valence-corrected chi connectivity index (χ1v) is 15.4. The van der Waals surface area contributed by atoms with E-state index in [0.29, 0.717) is 28.5 Å². The molecule has 4 aromatic rings. The second kappa shape index (κ2) is 15.0. The summed E-state index contributed by atoms with van der Waals surface area (Å²) >= 11 is 0. The number of pyridine rings is 1. The van der Waals surface area contributed by atoms with Crippen LogP contribution in [-0.4, -0.2) is 49.7 Å². The summed E-state index contributed by atoms with van der Waals surface area (Å²) in [5.41, 5.74) is 2.34. The fourth-order valence-corrected chi connectivity index (χ4v) is 5.58. The fraction of sp³-hybridized carbons (Fsp3) is 0.263. The van der Waals surface area contributed by atoms with Gasteiger partial charge in [0.15, 0.2) is 5.78 Å². The number of ether oxygens (including phenoxy) is 4. The Morgan fingerprint density at radius 1 is 0.959 bits per heavy atom. The molecule has 0 saturated heterocycles. The van der Waals surface area contributed by atoms with Gasteiger partial charge in [0.1, 0.15) is 46.7 Å². The summed E-state index contributed by atoms with van der Waals surface area (Å²) in [6.45, 7) is 10.2. The summed E-state index contributed by atoms with van der Waals surface area (Å²) in [4.78, 5) is 27.1. The molecule has 1 atom stereocenters. The molecule has 0 unspecified atom stereocenters. The zero-order chi connectivity index (χ0) is 35.1. The Kier molecular flexibility index (Phi) is 10.6. The Balaban J connectivity index is 1.56. The Bertz CT molecular complexity index is 1950. The van der Waals surface area contributed by atoms with Crippen molar-refractivity contribution in [2.45, 2.75) is 38.9 Å². The molecule has 0 radical (unpaired) electrons. The molecule has 49 heavy (non-hydrogen) atoms. The van der Waals surface area contributed by atoms with E-state index in [1.54, 1.807) is 46.5 Å². The number of aromatic nitrogens is 1. The second-order valence-corrected chi connectivity index (χ2v) is 11.7. The molecule has 0 amide bonds. The molecule has 5 rings (SSSR count). The lowest BCUT2D eigenvalue weighted by molar-refractivity contribution is 0.0988. The maximum absolute atomic E-state index is 15.7. The maximum Gasteiger partial charge on any atom is 0.294 e. The lowest BCUT2D eigenvalue weighted by Crippen LogP contribution is -2.38. The van der Waals surface area contributed by atoms with Crippen molar-refractivity contribution in [1.29, 1.82) is 0 Å². The Morgan fingerprint density at radius 3 is 2.31 bits per heavy atom. The molecule has 0 spiro atoms. The molecule has 2 heterocycles. The second-order valence-electron chi connectivity index (χ2n) is 11.7. The first-order valence-electron chi connectivity index (χ1n) is 15.4. The Hall–Kier alpha value is -5.76. The molecule has 0 bridgehead atoms. The van der Waals surface area contributed by atoms with E-state index in [1.807, 2.05) is 36.1 Å². The van der Waals surface area contributed by atoms with Crippen LogP contribution in [0.4, 0.5) is 14.5 Å². The van der Waals surface area contributed by atoms with Crippen LogP contribution in [0.15, 0.2) is 89.8 Å². The standard InChI is InChI=1S/C38H36F2N4O5/c1-24-7-9-26(35(15-24)47-5)22-44(23-27-10-12-29(46-4)18-36(27)48-6)37-43-38(2,19-30(20-39)49-37)31-16-25(8-13-32(31)40)17-34(45)33-14-11-28(41-3)21-42-33/h7-16,18-19,21H,17,20,22-23H2,1-2,4-6H3/t38-/m0/s1. The minimum Gasteiger partial charge on any atom is -0.497 e. The van der Waals surface area contributed by atoms with E-state index in [9.17, 15) is 9.18 Å². The highest BCUT2D eigenvalue weighted by Crippen LogP contribution is 2.37. The smallest absolute Gasteiger partial charge is 0.294 e. The van der Waals surface area contributed by atoms with Crippen LogP contribution in [0.25, 0.3) is 4.85 Å². The first-order chi connectivity index (χ1) is 23.6. The molecule has 252 valence electrons. The van der Waals surface area contributed by atoms with Crippen LogP contribution in [0, 0.1) is 19.3 Å². The van der Waals surface area contributed by atoms with Gasteiger partial charge in [0.25, 0.3) is 6.02 Å². The van der Waals surface area contributed by atoms with Gasteiger partial charge in [-0.25, -0.2) is 18.6 Å². The van der Waals surface area contributed by atoms with Crippen molar-refractivity contribution in [2.24, 2.45) is 4.99 Å². The van der Waals surface area contributed by atoms with Crippen molar-refractivity contribution in [3.63, 3.8) is 0 Å². The van der Waals surface area contributed by atoms with Crippen molar-refractivity contribution in [3.05, 3.63) is 136 Å². The molecule has 0 N–H and O–H groups in total. The van der Waals surface area contributed by atoms with Gasteiger partial charge in [0.2, 0.25) is 5.69 Å². The minimum absolute atomic E-state index is 0.0416. The average molecular weight is 667 g/mol. The highest BCUT2D eigenvalue weighted by Gasteiger charge is 2.35. The first kappa shape index (κ1) is 34.6. The van der Waals surface area contributed by atoms with E-state index in [2.05, 4.69) is 9.83 Å². The lowest BCUT2D eigenvalue weighted by atomic mass is 9.88. The third-order valence-corrected chi connectivity index (χ3v) is 8.16. The van der Waals surface area contributed by atoms with Crippen LogP contribution in [0.3, 0.4) is 0 Å². The van der Waals surface area contributed by atoms with Crippen LogP contribution in [-0.2, 0) is 29.8 Å². The summed E-state index contributed by atoms with van der Waals surface area (Å²) in [6, 6.07) is 18.6. The number of alkyl halides is 1. The van der Waals surface area contributed by atoms with Gasteiger partial charge in [-0.3, -0.25) is 9.78 Å². The number of nitrogens with zero attached hydrogens (tertiary/aromatic N) is 4. The number of rotatable bonds is 12. The largest absolute Gasteiger partial charge is 0.497 e. The molecular weight excluding hydrogens is 630 g/mol. The van der Waals surface area contributed by atoms with E-state index in [0.717, 1.165) is 16.7 Å². The Morgan fingerprint density at radius 2 is 1.67 bits per heavy atom. The van der Waals surface area contributed by atoms with Crippen LogP contribution in [0.2, 0.25) is 0 Å². The molecule has 0 fully saturated rings. The molecule has 1 aliphatic rings. The number of aliphatic imine (C=N–C) groups is 1. The van der Waals surface area contributed by atoms with E-state index in [-0.39, 0.29) is 48.3 Å². The molecule has 0 saturated carbocycles. The number of ketones is 1. The topological polar surface area (TPSA) is 86.8 Å². The van der Waals surface area contributed by atoms with Gasteiger partial charge in [-0.2, -0.15) is 0 Å². The predicted molar refractivity (Wildman–Crippen MR) is 181 cm³/mol. The van der Waals surface area contributed by atoms with Gasteiger partial charge >= 0.3 is 0 Å². The van der Waals surface area contributed by atoms with Crippen LogP contribution in [0.1, 0.15) is 45.2 Å². The maximum atomic E-state index is 15.7. The van der Waals surface area contributed by atoms with E-state index < -0.39 is 18.0 Å². The normalized spacial score (nSPS) is 15.3. The number of methoxy groups -OCH3 is 3. The van der Waals surface area contributed by atoms with Gasteiger partial charge in [-0.1, -0.05) is 24.3 Å². The van der Waals surface area contributed by atoms with Gasteiger partial charge in [-0.05, 0) is 67.4 Å². The number of carbonyl (C=O) groups is 1. The van der Waals surface area contributed by atoms with E-state index in [1.165, 1.54) is 36.5 Å². The molecule has 0 aliphatic carbocycles. The van der Waals surface area contributed by atoms with Crippen molar-refractivity contribution < 1.29 is 32.5 Å². The zero-order valence-corrected chi connectivity index (χ0v) is 27.9. The van der Waals surface area contributed by atoms with Crippen molar-refractivity contribution in [2.75, 3.05) is 28.0 Å². The lowest BCUT2D eigenvalue weighted by Gasteiger charge is -2.34. The summed E-state index contributed by atoms with van der Waals surface area (Å²) in [5.74, 6) is 0.887. The molecule has 3 aromatic carbocycles. The molecule has 11 heteroatoms. The summed E-state index contributed by atoms with van der Waals surface area (Å²) < 4.78 is 52.9. The van der Waals surface area contributed by atoms with Gasteiger partial charge < -0.3 is 23.8 Å². The van der Waals surface area contributed by atoms with Crippen molar-refractivity contribution in [3.8, 4) is 17.2 Å². The Labute approximate surface area is 284 Å². The highest BCUT2D eigenvalue weighted by atomic mass is 19.1. The summed E-state index contributed by atoms with van der Waals surface area (Å²) in [6.07, 6.45) is 2.71. The number of hydrogen-bond donors (Lipinski definition) is 0. The number of allylic oxidation sites excluding steroid dienone is 1. The predicted octanol–water partition coefficient (Wildman–Crippen LogP) is 7.69. The van der Waals surface area contributed by atoms with E-state index in [4.69, 9.17) is 30.5 Å². The monoisotopic (exact) mass is 666 g/mol. The van der Waals surface area contributed by atoms with Gasteiger partial charge in [0, 0.05) is 35.4 Å². The average Bonchev–Trinajstić information content (AvgIpc) is 3.12. The van der Waals surface area contributed by atoms with Gasteiger partial charge in [0.05, 0.1) is 41.0 Å². The number of amidine groups is 1.